The lowest BCUT2D eigenvalue weighted by atomic mass is 9.68. The molecule has 8 heterocycles. The minimum atomic E-state index is -1.47. The highest BCUT2D eigenvalue weighted by Crippen LogP contribution is 2.48. The molecule has 4 saturated heterocycles. The second-order valence-corrected chi connectivity index (χ2v) is 32.4. The Morgan fingerprint density at radius 3 is 1.79 bits per heavy atom. The number of carbonyl (C=O) groups is 8. The normalized spacial score (nSPS) is 37.0. The van der Waals surface area contributed by atoms with Crippen LogP contribution in [0, 0.1) is 70.0 Å². The van der Waals surface area contributed by atoms with E-state index >= 15 is 0 Å². The summed E-state index contributed by atoms with van der Waals surface area (Å²) >= 11 is 0. The number of allylic oxidation sites excluding steroid dienone is 1. The van der Waals surface area contributed by atoms with E-state index in [0.717, 1.165) is 17.6 Å². The summed E-state index contributed by atoms with van der Waals surface area (Å²) < 4.78 is 53.5. The van der Waals surface area contributed by atoms with Crippen molar-refractivity contribution in [1.82, 2.24) is 29.0 Å². The molecule has 0 spiro atoms. The number of pyridine rings is 1. The van der Waals surface area contributed by atoms with E-state index in [1.807, 2.05) is 99.8 Å². The van der Waals surface area contributed by atoms with Gasteiger partial charge in [-0.3, -0.25) is 28.8 Å². The van der Waals surface area contributed by atoms with Crippen LogP contribution in [0.2, 0.25) is 0 Å². The van der Waals surface area contributed by atoms with Crippen LogP contribution < -0.4 is 0 Å². The lowest BCUT2D eigenvalue weighted by Crippen LogP contribution is -2.59. The van der Waals surface area contributed by atoms with E-state index in [1.165, 1.54) is 23.3 Å². The maximum atomic E-state index is 14.8. The minimum Gasteiger partial charge on any atom is -0.457 e. The highest BCUT2D eigenvalue weighted by molar-refractivity contribution is 6.01. The van der Waals surface area contributed by atoms with Gasteiger partial charge in [-0.15, -0.1) is 0 Å². The van der Waals surface area contributed by atoms with E-state index in [2.05, 4.69) is 42.6 Å². The molecular formula is C78H120N6O17. The summed E-state index contributed by atoms with van der Waals surface area (Å²) in [5.74, 6) is -7.43. The number of nitrogens with zero attached hydrogens (tertiary/aromatic N) is 6. The maximum Gasteiger partial charge on any atom is 0.420 e. The van der Waals surface area contributed by atoms with Crippen molar-refractivity contribution in [3.63, 3.8) is 0 Å². The van der Waals surface area contributed by atoms with E-state index in [1.54, 1.807) is 72.0 Å². The number of hydrogen-bond donors (Lipinski definition) is 1. The van der Waals surface area contributed by atoms with Gasteiger partial charge in [0.25, 0.3) is 0 Å². The summed E-state index contributed by atoms with van der Waals surface area (Å²) in [6, 6.07) is 3.03. The molecule has 5 aliphatic rings. The fourth-order valence-corrected chi connectivity index (χ4v) is 17.1. The molecule has 23 heteroatoms. The summed E-state index contributed by atoms with van der Waals surface area (Å²) in [5.41, 5.74) is -2.68. The summed E-state index contributed by atoms with van der Waals surface area (Å²) in [6.07, 6.45) is 6.80. The number of hydrogen-bond acceptors (Lipinski definition) is 20. The fourth-order valence-electron chi connectivity index (χ4n) is 17.1. The van der Waals surface area contributed by atoms with Gasteiger partial charge >= 0.3 is 24.1 Å². The number of esters is 2. The topological polar surface area (TPSA) is 282 Å². The van der Waals surface area contributed by atoms with E-state index in [0.29, 0.717) is 56.6 Å². The number of aliphatic hydroxyl groups is 1. The number of ketones is 4. The van der Waals surface area contributed by atoms with Gasteiger partial charge in [0.2, 0.25) is 0 Å². The van der Waals surface area contributed by atoms with E-state index in [4.69, 9.17) is 37.9 Å². The van der Waals surface area contributed by atoms with Crippen molar-refractivity contribution in [1.29, 1.82) is 0 Å². The molecule has 3 aromatic heterocycles. The molecule has 0 aromatic carbocycles. The number of carbonyl (C=O) groups excluding carboxylic acids is 8. The summed E-state index contributed by atoms with van der Waals surface area (Å²) in [6.45, 7) is 43.8. The zero-order valence-corrected chi connectivity index (χ0v) is 64.6. The minimum absolute atomic E-state index is 0.00343. The molecule has 22 atom stereocenters. The van der Waals surface area contributed by atoms with Crippen LogP contribution in [0.5, 0.6) is 0 Å². The summed E-state index contributed by atoms with van der Waals surface area (Å²) in [4.78, 5) is 127. The number of aromatic nitrogens is 5. The third-order valence-electron chi connectivity index (χ3n) is 23.1. The molecule has 0 bridgehead atoms. The van der Waals surface area contributed by atoms with Crippen molar-refractivity contribution < 1.29 is 81.4 Å². The zero-order chi connectivity index (χ0) is 75.3. The summed E-state index contributed by atoms with van der Waals surface area (Å²) in [5, 5.41) is 11.1. The van der Waals surface area contributed by atoms with Crippen LogP contribution >= 0.6 is 0 Å². The van der Waals surface area contributed by atoms with Crippen LogP contribution in [0.25, 0.3) is 11.2 Å². The number of aliphatic hydroxyl groups excluding tert-OH is 1. The van der Waals surface area contributed by atoms with Crippen molar-refractivity contribution >= 4 is 58.4 Å². The number of rotatable bonds is 14. The molecule has 1 amide bonds. The Labute approximate surface area is 599 Å². The first-order valence-corrected chi connectivity index (χ1v) is 37.2. The second-order valence-electron chi connectivity index (χ2n) is 32.4. The van der Waals surface area contributed by atoms with Crippen LogP contribution in [0.1, 0.15) is 223 Å². The lowest BCUT2D eigenvalue weighted by molar-refractivity contribution is -0.284. The number of cyclic esters (lactones) is 2. The van der Waals surface area contributed by atoms with Crippen molar-refractivity contribution in [3.05, 3.63) is 55.0 Å². The Kier molecular flexibility index (Phi) is 27.0. The van der Waals surface area contributed by atoms with Gasteiger partial charge in [-0.05, 0) is 159 Å². The molecule has 0 aliphatic carbocycles. The van der Waals surface area contributed by atoms with Crippen molar-refractivity contribution in [2.45, 2.75) is 302 Å². The van der Waals surface area contributed by atoms with Gasteiger partial charge in [0.15, 0.2) is 46.8 Å². The van der Waals surface area contributed by atoms with Crippen LogP contribution in [0.15, 0.2) is 55.0 Å². The van der Waals surface area contributed by atoms with Gasteiger partial charge in [0.05, 0.1) is 36.8 Å². The first-order valence-electron chi connectivity index (χ1n) is 37.2. The molecule has 3 aromatic rings. The summed E-state index contributed by atoms with van der Waals surface area (Å²) in [7, 11) is 0. The van der Waals surface area contributed by atoms with Crippen molar-refractivity contribution in [2.24, 2.45) is 70.0 Å². The van der Waals surface area contributed by atoms with Gasteiger partial charge < -0.3 is 52.5 Å². The predicted octanol–water partition coefficient (Wildman–Crippen LogP) is 13.4. The largest absolute Gasteiger partial charge is 0.457 e. The Morgan fingerprint density at radius 2 is 1.24 bits per heavy atom. The SMILES string of the molecule is CC[C@H]1OC(=O)[C@H](C)C(=O)[C@H](C)[C@@H](OC2O[C@H](C)C[C@H](C)[C@H]2C)C(C)(C)C[C@@H](C)C(=O)/C(C)=C/[C@]1(CC)OC(=O)n1ccnc1.CC[C@H]1OC(=O)[C@H](C)C(=O)[C@H](C)[C@@H](OC2O[C@H](C)C[C@H](C)[C@H]2O)C(C)(C)C[C@@H](C)C(=O)[C@H](C)[C@H]2N(CCCC(C)(C)n3cnc4cccnc43)C(=O)O[C@]12CC. The van der Waals surface area contributed by atoms with Crippen LogP contribution in [0.4, 0.5) is 9.59 Å². The Balaban J connectivity index is 0.000000291. The average Bonchev–Trinajstić information content (AvgIpc) is 1.44. The molecule has 1 N–H and O–H groups in total. The molecular weight excluding hydrogens is 1290 g/mol. The van der Waals surface area contributed by atoms with E-state index in [-0.39, 0.29) is 66.4 Å². The molecule has 5 aliphatic heterocycles. The third-order valence-corrected chi connectivity index (χ3v) is 23.1. The molecule has 4 fully saturated rings. The lowest BCUT2D eigenvalue weighted by Gasteiger charge is -2.46. The smallest absolute Gasteiger partial charge is 0.420 e. The zero-order valence-electron chi connectivity index (χ0n) is 64.6. The Hall–Kier alpha value is -6.27. The van der Waals surface area contributed by atoms with Crippen LogP contribution in [-0.2, 0) is 72.2 Å². The second kappa shape index (κ2) is 33.2. The van der Waals surface area contributed by atoms with Gasteiger partial charge in [-0.1, -0.05) is 111 Å². The molecule has 564 valence electrons. The quantitative estimate of drug-likeness (QED) is 0.0891. The first-order chi connectivity index (χ1) is 47.2. The highest BCUT2D eigenvalue weighted by Gasteiger charge is 2.62. The Bertz CT molecular complexity index is 3420. The fraction of sp³-hybridized carbons (Fsp3) is 0.756. The molecule has 8 rings (SSSR count). The number of imidazole rings is 2. The third kappa shape index (κ3) is 17.8. The van der Waals surface area contributed by atoms with E-state index in [9.17, 15) is 43.5 Å². The molecule has 0 radical (unpaired) electrons. The number of Topliss-reactive ketones (excluding diaryl/α,β-unsaturated/α-hetero) is 4. The highest BCUT2D eigenvalue weighted by atomic mass is 16.7. The predicted molar refractivity (Wildman–Crippen MR) is 379 cm³/mol. The van der Waals surface area contributed by atoms with Gasteiger partial charge in [-0.25, -0.2) is 29.1 Å². The molecule has 23 nitrogen and oxygen atoms in total. The standard InChI is InChI=1S/C43H66N4O9.C35H54N2O8/c1-13-31-43(14-2)35(46(40(52)56-43)20-16-18-42(11,12)47-23-45-30-17-15-19-44-37(30)47)27(6)32(48)25(4)22-41(9,10)36(28(7)34(50)29(8)38(51)54-31)55-39-33(49)24(3)21-26(5)53-39;1-12-27-35(13-2,45-33(41)37-15-14-36-19-37)18-22(5)28(38)21(4)17-34(10,11)30(25(8)29(39)26(9)31(40)43-27)44-32-24(7)20(3)16-23(6)42-32/h15,17,19,23-29,31,33,35-36,39,49H,13-14,16,18,20-22H2,1-12H3;14-15,18-21,23-27,30,32H,12-13,16-17H2,1-11H3/b;22-18+/t24-,25+,26+,27-,28-,29+,31+,33+,35+,36+,39?,43+;20-,21+,23+,24+,25-,26+,27+,30+,32?,35-/m00/s1. The monoisotopic (exact) mass is 1410 g/mol. The molecule has 101 heavy (non-hydrogen) atoms. The van der Waals surface area contributed by atoms with Crippen molar-refractivity contribution in [3.8, 4) is 0 Å². The average molecular weight is 1410 g/mol. The van der Waals surface area contributed by atoms with Crippen LogP contribution in [0.3, 0.4) is 0 Å². The Morgan fingerprint density at radius 1 is 0.683 bits per heavy atom. The first kappa shape index (κ1) is 82.0. The maximum absolute atomic E-state index is 14.8. The number of amides is 1. The van der Waals surface area contributed by atoms with Gasteiger partial charge in [0, 0.05) is 66.2 Å². The van der Waals surface area contributed by atoms with Crippen molar-refractivity contribution in [2.75, 3.05) is 6.54 Å². The van der Waals surface area contributed by atoms with Crippen LogP contribution in [-0.4, -0.2) is 160 Å². The van der Waals surface area contributed by atoms with Gasteiger partial charge in [-0.2, -0.15) is 0 Å². The number of ether oxygens (including phenoxy) is 8. The molecule has 0 saturated carbocycles. The molecule has 2 unspecified atom stereocenters. The van der Waals surface area contributed by atoms with Gasteiger partial charge in [0.1, 0.15) is 47.8 Å². The number of fused-ring (bicyclic) bond motifs is 2. The van der Waals surface area contributed by atoms with E-state index < -0.39 is 142 Å².